The van der Waals surface area contributed by atoms with Gasteiger partial charge in [-0.15, -0.1) is 0 Å². The van der Waals surface area contributed by atoms with Crippen molar-refractivity contribution >= 4 is 78.0 Å². The number of aromatic nitrogens is 5. The summed E-state index contributed by atoms with van der Waals surface area (Å²) in [4.78, 5) is 8.85. The average Bonchev–Trinajstić information content (AvgIpc) is 3.99. The van der Waals surface area contributed by atoms with E-state index in [9.17, 15) is 10.0 Å². The van der Waals surface area contributed by atoms with E-state index in [1.54, 1.807) is 6.07 Å². The Kier molecular flexibility index (Phi) is 8.12. The molecule has 12 aromatic rings. The highest BCUT2D eigenvalue weighted by atomic mass is 16.4. The fraction of sp³-hybridized carbons (Fsp3) is 0.103. The third-order valence-electron chi connectivity index (χ3n) is 14.7. The Morgan fingerprint density at radius 3 is 1.42 bits per heavy atom. The highest BCUT2D eigenvalue weighted by Gasteiger charge is 2.37. The first-order valence-electron chi connectivity index (χ1n) is 22.6. The lowest BCUT2D eigenvalue weighted by molar-refractivity contribution is 0.426. The number of rotatable bonds is 3. The van der Waals surface area contributed by atoms with Crippen molar-refractivity contribution in [2.75, 3.05) is 0 Å². The van der Waals surface area contributed by atoms with Crippen molar-refractivity contribution in [2.24, 2.45) is 0 Å². The van der Waals surface area contributed by atoms with Crippen LogP contribution in [0.25, 0.3) is 93.6 Å². The molecule has 8 heteroatoms. The Bertz CT molecular complexity index is 3930. The molecule has 0 saturated heterocycles. The number of benzene rings is 7. The summed E-state index contributed by atoms with van der Waals surface area (Å²) in [6, 6.07) is 56.2. The van der Waals surface area contributed by atoms with Gasteiger partial charge in [-0.05, 0) is 82.3 Å². The number of nitrogens with zero attached hydrogens (tertiary/aromatic N) is 5. The third-order valence-corrected chi connectivity index (χ3v) is 14.7. The highest BCUT2D eigenvalue weighted by molar-refractivity contribution is 6.59. The Morgan fingerprint density at radius 1 is 0.409 bits per heavy atom. The van der Waals surface area contributed by atoms with Crippen molar-refractivity contribution in [3.05, 3.63) is 205 Å². The van der Waals surface area contributed by atoms with E-state index in [-0.39, 0.29) is 10.8 Å². The molecule has 0 fully saturated rings. The van der Waals surface area contributed by atoms with E-state index in [2.05, 4.69) is 191 Å². The van der Waals surface area contributed by atoms with Gasteiger partial charge in [-0.1, -0.05) is 131 Å². The van der Waals surface area contributed by atoms with E-state index in [0.29, 0.717) is 5.46 Å². The van der Waals surface area contributed by atoms with E-state index in [1.165, 1.54) is 93.9 Å². The van der Waals surface area contributed by atoms with Gasteiger partial charge in [0.05, 0.1) is 44.5 Å². The van der Waals surface area contributed by atoms with Crippen LogP contribution < -0.4 is 5.46 Å². The van der Waals surface area contributed by atoms with Crippen LogP contribution in [-0.2, 0) is 10.8 Å². The normalized spacial score (nSPS) is 14.2. The van der Waals surface area contributed by atoms with Gasteiger partial charge >= 0.3 is 7.12 Å². The molecule has 0 amide bonds. The largest absolute Gasteiger partial charge is 0.488 e. The zero-order chi connectivity index (χ0) is 44.6. The minimum atomic E-state index is -1.47. The minimum absolute atomic E-state index is 0.112. The standard InChI is InChI=1S/C38H27N3.C20H17BN2O2/c1-38(2)31-11-7-10-29-30-22-25(16-19-35(30)41(37(29)31)36-20-21-39-23-32(36)38)24-14-17-26(18-15-24)40-33-12-5-3-8-27(33)28-9-4-6-13-34(28)40;1-20(2)15-5-3-4-13-14-10-12(21(24)25)6-7-17(14)23(19(13)15)18-8-9-22-11-16(18)20/h3-23H,1-2H3;3-11,24-25H,1-2H3. The van der Waals surface area contributed by atoms with Crippen molar-refractivity contribution < 1.29 is 10.0 Å². The highest BCUT2D eigenvalue weighted by Crippen LogP contribution is 2.49. The van der Waals surface area contributed by atoms with Crippen molar-refractivity contribution in [3.8, 4) is 28.2 Å². The second-order valence-corrected chi connectivity index (χ2v) is 18.9. The molecule has 7 nitrogen and oxygen atoms in total. The van der Waals surface area contributed by atoms with Crippen LogP contribution in [0.5, 0.6) is 0 Å². The van der Waals surface area contributed by atoms with Crippen LogP contribution >= 0.6 is 0 Å². The fourth-order valence-electron chi connectivity index (χ4n) is 11.4. The summed E-state index contributed by atoms with van der Waals surface area (Å²) >= 11 is 0. The molecule has 66 heavy (non-hydrogen) atoms. The first-order valence-corrected chi connectivity index (χ1v) is 22.6. The zero-order valence-electron chi connectivity index (χ0n) is 37.0. The van der Waals surface area contributed by atoms with E-state index >= 15 is 0 Å². The molecule has 0 spiro atoms. The number of hydrogen-bond acceptors (Lipinski definition) is 4. The molecule has 316 valence electrons. The zero-order valence-corrected chi connectivity index (χ0v) is 37.0. The molecule has 0 saturated carbocycles. The van der Waals surface area contributed by atoms with Crippen molar-refractivity contribution in [1.29, 1.82) is 0 Å². The number of pyridine rings is 2. The SMILES string of the molecule is CC1(C)c2cnccc2-n2c3ccc(-c4ccc(-n5c6ccccc6c6ccccc65)cc4)cc3c3cccc1c32.CC1(C)c2cnccc2-n2c3ccc(B(O)O)cc3c3cccc1c32. The van der Waals surface area contributed by atoms with E-state index in [4.69, 9.17) is 0 Å². The van der Waals surface area contributed by atoms with Gasteiger partial charge in [0.1, 0.15) is 0 Å². The molecule has 7 heterocycles. The molecule has 5 aromatic heterocycles. The summed E-state index contributed by atoms with van der Waals surface area (Å²) in [7, 11) is -1.47. The summed E-state index contributed by atoms with van der Waals surface area (Å²) in [5, 5.41) is 26.4. The lowest BCUT2D eigenvalue weighted by Gasteiger charge is -2.34. The van der Waals surface area contributed by atoms with Gasteiger partial charge in [0, 0.05) is 84.7 Å². The second kappa shape index (κ2) is 13.9. The molecule has 0 atom stereocenters. The van der Waals surface area contributed by atoms with Crippen LogP contribution in [-0.4, -0.2) is 40.8 Å². The van der Waals surface area contributed by atoms with Crippen LogP contribution in [0.4, 0.5) is 0 Å². The Morgan fingerprint density at radius 2 is 0.879 bits per heavy atom. The summed E-state index contributed by atoms with van der Waals surface area (Å²) in [6.45, 7) is 9.08. The van der Waals surface area contributed by atoms with Crippen molar-refractivity contribution in [2.45, 2.75) is 38.5 Å². The third kappa shape index (κ3) is 5.28. The molecule has 2 aliphatic heterocycles. The van der Waals surface area contributed by atoms with Gasteiger partial charge in [0.2, 0.25) is 0 Å². The molecule has 7 aromatic carbocycles. The van der Waals surface area contributed by atoms with Crippen LogP contribution in [0.15, 0.2) is 183 Å². The number of fused-ring (bicyclic) bond motifs is 13. The molecule has 2 aliphatic rings. The molecule has 0 unspecified atom stereocenters. The lowest BCUT2D eigenvalue weighted by atomic mass is 9.75. The predicted molar refractivity (Wildman–Crippen MR) is 271 cm³/mol. The van der Waals surface area contributed by atoms with Crippen molar-refractivity contribution in [3.63, 3.8) is 0 Å². The van der Waals surface area contributed by atoms with Gasteiger partial charge < -0.3 is 23.7 Å². The Hall–Kier alpha value is -7.78. The smallest absolute Gasteiger partial charge is 0.423 e. The Balaban J connectivity index is 0.000000149. The van der Waals surface area contributed by atoms with Gasteiger partial charge in [-0.2, -0.15) is 0 Å². The molecule has 2 N–H and O–H groups in total. The molecule has 0 aliphatic carbocycles. The molecular weight excluding hydrogens is 809 g/mol. The maximum absolute atomic E-state index is 9.57. The second-order valence-electron chi connectivity index (χ2n) is 18.9. The average molecular weight is 854 g/mol. The predicted octanol–water partition coefficient (Wildman–Crippen LogP) is 12.1. The molecule has 14 rings (SSSR count). The fourth-order valence-corrected chi connectivity index (χ4v) is 11.4. The molecule has 0 radical (unpaired) electrons. The number of hydrogen-bond donors (Lipinski definition) is 2. The van der Waals surface area contributed by atoms with Gasteiger partial charge in [-0.3, -0.25) is 9.97 Å². The first-order chi connectivity index (χ1) is 32.1. The number of para-hydroxylation sites is 4. The summed E-state index contributed by atoms with van der Waals surface area (Å²) in [5.74, 6) is 0. The van der Waals surface area contributed by atoms with Gasteiger partial charge in [-0.25, -0.2) is 0 Å². The minimum Gasteiger partial charge on any atom is -0.423 e. The quantitative estimate of drug-likeness (QED) is 0.174. The van der Waals surface area contributed by atoms with Crippen LogP contribution in [0.2, 0.25) is 0 Å². The van der Waals surface area contributed by atoms with Crippen LogP contribution in [0, 0.1) is 0 Å². The van der Waals surface area contributed by atoms with E-state index in [1.807, 2.05) is 36.9 Å². The summed E-state index contributed by atoms with van der Waals surface area (Å²) < 4.78 is 7.09. The van der Waals surface area contributed by atoms with Crippen molar-refractivity contribution in [1.82, 2.24) is 23.7 Å². The first kappa shape index (κ1) is 38.7. The van der Waals surface area contributed by atoms with Crippen LogP contribution in [0.3, 0.4) is 0 Å². The topological polar surface area (TPSA) is 81.0 Å². The van der Waals surface area contributed by atoms with Gasteiger partial charge in [0.15, 0.2) is 0 Å². The molecular formula is C58H44BN5O2. The maximum Gasteiger partial charge on any atom is 0.488 e. The van der Waals surface area contributed by atoms with E-state index in [0.717, 1.165) is 22.0 Å². The van der Waals surface area contributed by atoms with Gasteiger partial charge in [0.25, 0.3) is 0 Å². The lowest BCUT2D eigenvalue weighted by Crippen LogP contribution is -2.29. The maximum atomic E-state index is 9.57. The summed E-state index contributed by atoms with van der Waals surface area (Å²) in [5.41, 5.74) is 18.6. The Labute approximate surface area is 381 Å². The van der Waals surface area contributed by atoms with E-state index < -0.39 is 7.12 Å². The summed E-state index contributed by atoms with van der Waals surface area (Å²) in [6.07, 6.45) is 7.73. The monoisotopic (exact) mass is 853 g/mol. The van der Waals surface area contributed by atoms with Crippen LogP contribution in [0.1, 0.15) is 49.9 Å². The molecule has 0 bridgehead atoms.